The van der Waals surface area contributed by atoms with Crippen molar-refractivity contribution in [2.75, 3.05) is 6.26 Å². The summed E-state index contributed by atoms with van der Waals surface area (Å²) >= 11 is 3.54. The van der Waals surface area contributed by atoms with E-state index in [2.05, 4.69) is 37.8 Å². The normalized spacial score (nSPS) is 11.4. The number of allylic oxidation sites excluding steroid dienone is 2. The molecule has 0 unspecified atom stereocenters. The van der Waals surface area contributed by atoms with Crippen LogP contribution in [0.1, 0.15) is 20.8 Å². The Balaban J connectivity index is 3.63. The van der Waals surface area contributed by atoms with Gasteiger partial charge < -0.3 is 0 Å². The molecular weight excluding hydrogens is 160 g/mol. The molecular formula is C8H14S2. The van der Waals surface area contributed by atoms with Crippen LogP contribution in [0.4, 0.5) is 0 Å². The van der Waals surface area contributed by atoms with Gasteiger partial charge in [-0.2, -0.15) is 0 Å². The van der Waals surface area contributed by atoms with Crippen molar-refractivity contribution in [3.8, 4) is 0 Å². The molecule has 0 aliphatic carbocycles. The monoisotopic (exact) mass is 174 g/mol. The van der Waals surface area contributed by atoms with Gasteiger partial charge in [0.15, 0.2) is 0 Å². The summed E-state index contributed by atoms with van der Waals surface area (Å²) in [6.07, 6.45) is 2.09. The van der Waals surface area contributed by atoms with Crippen LogP contribution in [-0.2, 0) is 0 Å². The minimum absolute atomic E-state index is 1.36. The van der Waals surface area contributed by atoms with Crippen LogP contribution in [0, 0.1) is 0 Å². The summed E-state index contributed by atoms with van der Waals surface area (Å²) in [5.74, 6) is 0. The van der Waals surface area contributed by atoms with E-state index in [9.17, 15) is 0 Å². The molecule has 0 aromatic rings. The molecule has 0 rings (SSSR count). The second kappa shape index (κ2) is 5.93. The molecule has 0 amide bonds. The molecule has 0 aliphatic rings. The summed E-state index contributed by atoms with van der Waals surface area (Å²) in [4.78, 5) is 1.36. The lowest BCUT2D eigenvalue weighted by Crippen LogP contribution is -1.60. The Morgan fingerprint density at radius 1 is 1.10 bits per heavy atom. The molecule has 0 N–H and O–H groups in total. The van der Waals surface area contributed by atoms with Crippen LogP contribution in [0.3, 0.4) is 0 Å². The van der Waals surface area contributed by atoms with Crippen LogP contribution in [0.25, 0.3) is 0 Å². The summed E-state index contributed by atoms with van der Waals surface area (Å²) in [5, 5.41) is 4.32. The highest BCUT2D eigenvalue weighted by Crippen LogP contribution is 2.17. The minimum Gasteiger partial charge on any atom is -0.134 e. The Kier molecular flexibility index (Phi) is 6.03. The summed E-state index contributed by atoms with van der Waals surface area (Å²) in [7, 11) is 0. The fourth-order valence-corrected chi connectivity index (χ4v) is 1.40. The van der Waals surface area contributed by atoms with Crippen molar-refractivity contribution in [2.45, 2.75) is 20.8 Å². The lowest BCUT2D eigenvalue weighted by atomic mass is 10.4. The SMILES string of the molecule is CSC(C)=CSC=C(C)C. The van der Waals surface area contributed by atoms with Gasteiger partial charge in [0.1, 0.15) is 0 Å². The fourth-order valence-electron chi connectivity index (χ4n) is 0.314. The van der Waals surface area contributed by atoms with E-state index in [0.29, 0.717) is 0 Å². The summed E-state index contributed by atoms with van der Waals surface area (Å²) < 4.78 is 0. The third kappa shape index (κ3) is 6.30. The molecule has 58 valence electrons. The number of hydrogen-bond acceptors (Lipinski definition) is 2. The van der Waals surface area contributed by atoms with Gasteiger partial charge in [-0.05, 0) is 42.7 Å². The maximum atomic E-state index is 2.16. The lowest BCUT2D eigenvalue weighted by molar-refractivity contribution is 1.42. The van der Waals surface area contributed by atoms with Crippen LogP contribution in [-0.4, -0.2) is 6.26 Å². The van der Waals surface area contributed by atoms with E-state index in [1.54, 1.807) is 23.5 Å². The summed E-state index contributed by atoms with van der Waals surface area (Å²) in [6.45, 7) is 6.33. The molecule has 0 heterocycles. The Morgan fingerprint density at radius 3 is 2.10 bits per heavy atom. The second-order valence-electron chi connectivity index (χ2n) is 2.26. The van der Waals surface area contributed by atoms with E-state index in [4.69, 9.17) is 0 Å². The Labute approximate surface area is 72.2 Å². The van der Waals surface area contributed by atoms with Crippen molar-refractivity contribution in [3.63, 3.8) is 0 Å². The van der Waals surface area contributed by atoms with Crippen LogP contribution < -0.4 is 0 Å². The van der Waals surface area contributed by atoms with Gasteiger partial charge in [0.2, 0.25) is 0 Å². The van der Waals surface area contributed by atoms with Gasteiger partial charge in [0.05, 0.1) is 0 Å². The first kappa shape index (κ1) is 10.2. The van der Waals surface area contributed by atoms with Crippen molar-refractivity contribution < 1.29 is 0 Å². The van der Waals surface area contributed by atoms with E-state index < -0.39 is 0 Å². The van der Waals surface area contributed by atoms with Crippen molar-refractivity contribution in [3.05, 3.63) is 21.3 Å². The van der Waals surface area contributed by atoms with Crippen LogP contribution in [0.5, 0.6) is 0 Å². The van der Waals surface area contributed by atoms with Gasteiger partial charge in [0.25, 0.3) is 0 Å². The highest BCUT2D eigenvalue weighted by atomic mass is 32.2. The molecule has 0 radical (unpaired) electrons. The Bertz CT molecular complexity index is 141. The van der Waals surface area contributed by atoms with Crippen molar-refractivity contribution in [1.29, 1.82) is 0 Å². The molecule has 0 bridgehead atoms. The van der Waals surface area contributed by atoms with Crippen LogP contribution in [0.15, 0.2) is 21.3 Å². The highest BCUT2D eigenvalue weighted by Gasteiger charge is 1.81. The van der Waals surface area contributed by atoms with Gasteiger partial charge in [0, 0.05) is 0 Å². The third-order valence-corrected chi connectivity index (χ3v) is 2.87. The maximum absolute atomic E-state index is 2.16. The molecule has 0 nitrogen and oxygen atoms in total. The predicted octanol–water partition coefficient (Wildman–Crippen LogP) is 3.87. The molecule has 0 saturated heterocycles. The molecule has 0 atom stereocenters. The molecule has 0 fully saturated rings. The molecule has 0 aromatic carbocycles. The molecule has 0 aliphatic heterocycles. The number of thioether (sulfide) groups is 2. The topological polar surface area (TPSA) is 0 Å². The zero-order valence-corrected chi connectivity index (χ0v) is 8.60. The average Bonchev–Trinajstić information content (AvgIpc) is 1.87. The van der Waals surface area contributed by atoms with Gasteiger partial charge in [-0.1, -0.05) is 5.57 Å². The van der Waals surface area contributed by atoms with Crippen molar-refractivity contribution in [1.82, 2.24) is 0 Å². The zero-order chi connectivity index (χ0) is 7.98. The van der Waals surface area contributed by atoms with Crippen LogP contribution >= 0.6 is 23.5 Å². The van der Waals surface area contributed by atoms with Crippen molar-refractivity contribution >= 4 is 23.5 Å². The van der Waals surface area contributed by atoms with Gasteiger partial charge in [-0.25, -0.2) is 0 Å². The molecule has 0 aromatic heterocycles. The smallest absolute Gasteiger partial charge is 0.0120 e. The largest absolute Gasteiger partial charge is 0.134 e. The maximum Gasteiger partial charge on any atom is -0.0120 e. The first-order chi connectivity index (χ1) is 4.66. The van der Waals surface area contributed by atoms with Crippen molar-refractivity contribution in [2.24, 2.45) is 0 Å². The van der Waals surface area contributed by atoms with Gasteiger partial charge in [-0.15, -0.1) is 23.5 Å². The molecule has 0 saturated carbocycles. The van der Waals surface area contributed by atoms with E-state index in [1.165, 1.54) is 10.5 Å². The summed E-state index contributed by atoms with van der Waals surface area (Å²) in [5.41, 5.74) is 1.36. The van der Waals surface area contributed by atoms with E-state index in [0.717, 1.165) is 0 Å². The molecule has 0 spiro atoms. The minimum atomic E-state index is 1.36. The highest BCUT2D eigenvalue weighted by molar-refractivity contribution is 8.07. The van der Waals surface area contributed by atoms with Gasteiger partial charge >= 0.3 is 0 Å². The van der Waals surface area contributed by atoms with Gasteiger partial charge in [-0.3, -0.25) is 0 Å². The van der Waals surface area contributed by atoms with E-state index in [-0.39, 0.29) is 0 Å². The predicted molar refractivity (Wildman–Crippen MR) is 54.3 cm³/mol. The quantitative estimate of drug-likeness (QED) is 0.637. The lowest BCUT2D eigenvalue weighted by Gasteiger charge is -1.91. The zero-order valence-electron chi connectivity index (χ0n) is 6.97. The number of rotatable bonds is 3. The summed E-state index contributed by atoms with van der Waals surface area (Å²) in [6, 6.07) is 0. The van der Waals surface area contributed by atoms with E-state index >= 15 is 0 Å². The average molecular weight is 174 g/mol. The first-order valence-corrected chi connectivity index (χ1v) is 5.33. The third-order valence-electron chi connectivity index (χ3n) is 0.860. The second-order valence-corrected chi connectivity index (χ2v) is 4.06. The standard InChI is InChI=1S/C8H14S2/c1-7(2)5-10-6-8(3)9-4/h5-6H,1-4H3. The Morgan fingerprint density at radius 2 is 1.70 bits per heavy atom. The fraction of sp³-hybridized carbons (Fsp3) is 0.500. The van der Waals surface area contributed by atoms with E-state index in [1.807, 2.05) is 0 Å². The first-order valence-electron chi connectivity index (χ1n) is 3.16. The Hall–Kier alpha value is 0.180. The molecule has 10 heavy (non-hydrogen) atoms. The number of hydrogen-bond donors (Lipinski definition) is 0. The van der Waals surface area contributed by atoms with Crippen LogP contribution in [0.2, 0.25) is 0 Å². The molecule has 2 heteroatoms.